The van der Waals surface area contributed by atoms with Crippen LogP contribution in [0.15, 0.2) is 35.3 Å². The van der Waals surface area contributed by atoms with E-state index in [0.29, 0.717) is 12.0 Å². The van der Waals surface area contributed by atoms with Crippen LogP contribution in [0, 0.1) is 0 Å². The molecular weight excluding hydrogens is 228 g/mol. The van der Waals surface area contributed by atoms with E-state index >= 15 is 0 Å². The number of aliphatic imine (C=N–C) groups is 1. The van der Waals surface area contributed by atoms with Gasteiger partial charge in [-0.25, -0.2) is 0 Å². The van der Waals surface area contributed by atoms with Crippen LogP contribution in [-0.4, -0.2) is 31.5 Å². The van der Waals surface area contributed by atoms with Gasteiger partial charge in [0.05, 0.1) is 6.54 Å². The molecule has 1 saturated carbocycles. The van der Waals surface area contributed by atoms with Crippen molar-refractivity contribution in [2.45, 2.75) is 18.9 Å². The van der Waals surface area contributed by atoms with E-state index in [4.69, 9.17) is 0 Å². The Balaban J connectivity index is 1.73. The third-order valence-corrected chi connectivity index (χ3v) is 2.62. The maximum atomic E-state index is 11.7. The van der Waals surface area contributed by atoms with Crippen LogP contribution in [0.3, 0.4) is 0 Å². The van der Waals surface area contributed by atoms with Crippen LogP contribution in [-0.2, 0) is 4.79 Å². The van der Waals surface area contributed by atoms with Gasteiger partial charge >= 0.3 is 0 Å². The van der Waals surface area contributed by atoms with Crippen LogP contribution in [0.4, 0.5) is 5.69 Å². The monoisotopic (exact) mass is 246 g/mol. The first kappa shape index (κ1) is 12.4. The lowest BCUT2D eigenvalue weighted by atomic mass is 10.3. The molecule has 96 valence electrons. The lowest BCUT2D eigenvalue weighted by molar-refractivity contribution is -0.115. The van der Waals surface area contributed by atoms with Crippen molar-refractivity contribution in [3.8, 4) is 0 Å². The second kappa shape index (κ2) is 6.05. The summed E-state index contributed by atoms with van der Waals surface area (Å²) in [4.78, 5) is 15.7. The Morgan fingerprint density at radius 3 is 2.67 bits per heavy atom. The molecule has 1 aliphatic carbocycles. The molecule has 1 aliphatic rings. The first-order chi connectivity index (χ1) is 8.78. The zero-order valence-corrected chi connectivity index (χ0v) is 10.4. The Kier molecular flexibility index (Phi) is 4.17. The zero-order chi connectivity index (χ0) is 12.8. The van der Waals surface area contributed by atoms with Gasteiger partial charge in [-0.1, -0.05) is 18.2 Å². The molecule has 18 heavy (non-hydrogen) atoms. The van der Waals surface area contributed by atoms with Crippen molar-refractivity contribution in [2.24, 2.45) is 4.99 Å². The molecule has 0 atom stereocenters. The highest BCUT2D eigenvalue weighted by Gasteiger charge is 2.22. The van der Waals surface area contributed by atoms with Crippen molar-refractivity contribution in [3.63, 3.8) is 0 Å². The van der Waals surface area contributed by atoms with Gasteiger partial charge in [-0.3, -0.25) is 9.79 Å². The summed E-state index contributed by atoms with van der Waals surface area (Å²) in [7, 11) is 1.70. The molecule has 1 aromatic carbocycles. The number of rotatable bonds is 4. The van der Waals surface area contributed by atoms with E-state index in [1.807, 2.05) is 30.3 Å². The largest absolute Gasteiger partial charge is 0.354 e. The van der Waals surface area contributed by atoms with Gasteiger partial charge in [0.1, 0.15) is 0 Å². The van der Waals surface area contributed by atoms with E-state index in [9.17, 15) is 4.79 Å². The van der Waals surface area contributed by atoms with Gasteiger partial charge in [0.15, 0.2) is 5.96 Å². The van der Waals surface area contributed by atoms with E-state index in [1.165, 1.54) is 12.8 Å². The van der Waals surface area contributed by atoms with E-state index < -0.39 is 0 Å². The summed E-state index contributed by atoms with van der Waals surface area (Å²) in [5.74, 6) is 0.598. The number of carbonyl (C=O) groups excluding carboxylic acids is 1. The predicted octanol–water partition coefficient (Wildman–Crippen LogP) is 0.952. The molecule has 1 amide bonds. The number of nitrogens with zero attached hydrogens (tertiary/aromatic N) is 1. The number of amides is 1. The summed E-state index contributed by atoms with van der Waals surface area (Å²) in [5, 5.41) is 9.01. The van der Waals surface area contributed by atoms with Crippen LogP contribution in [0.2, 0.25) is 0 Å². The Morgan fingerprint density at radius 2 is 2.06 bits per heavy atom. The van der Waals surface area contributed by atoms with Crippen LogP contribution < -0.4 is 16.0 Å². The minimum absolute atomic E-state index is 0.0834. The smallest absolute Gasteiger partial charge is 0.243 e. The average molecular weight is 246 g/mol. The molecule has 0 heterocycles. The van der Waals surface area contributed by atoms with Gasteiger partial charge in [-0.2, -0.15) is 0 Å². The van der Waals surface area contributed by atoms with Crippen LogP contribution in [0.5, 0.6) is 0 Å². The van der Waals surface area contributed by atoms with Crippen molar-refractivity contribution in [1.29, 1.82) is 0 Å². The van der Waals surface area contributed by atoms with Gasteiger partial charge in [-0.05, 0) is 25.0 Å². The van der Waals surface area contributed by atoms with Crippen LogP contribution >= 0.6 is 0 Å². The lowest BCUT2D eigenvalue weighted by Crippen LogP contribution is -2.42. The molecule has 0 aromatic heterocycles. The summed E-state index contributed by atoms with van der Waals surface area (Å²) in [5.41, 5.74) is 0.800. The van der Waals surface area contributed by atoms with Gasteiger partial charge in [0.25, 0.3) is 0 Å². The number of guanidine groups is 1. The fourth-order valence-electron chi connectivity index (χ4n) is 1.51. The normalized spacial score (nSPS) is 15.1. The van der Waals surface area contributed by atoms with Crippen molar-refractivity contribution in [2.75, 3.05) is 18.9 Å². The summed E-state index contributed by atoms with van der Waals surface area (Å²) in [6, 6.07) is 9.92. The fourth-order valence-corrected chi connectivity index (χ4v) is 1.51. The molecule has 0 radical (unpaired) electrons. The minimum Gasteiger partial charge on any atom is -0.354 e. The minimum atomic E-state index is -0.0834. The number of carbonyl (C=O) groups is 1. The highest BCUT2D eigenvalue weighted by molar-refractivity contribution is 5.95. The van der Waals surface area contributed by atoms with Crippen molar-refractivity contribution in [1.82, 2.24) is 10.6 Å². The summed E-state index contributed by atoms with van der Waals surface area (Å²) < 4.78 is 0. The Bertz CT molecular complexity index is 426. The molecule has 0 spiro atoms. The van der Waals surface area contributed by atoms with Gasteiger partial charge in [0.2, 0.25) is 5.91 Å². The zero-order valence-electron chi connectivity index (χ0n) is 10.4. The fraction of sp³-hybridized carbons (Fsp3) is 0.385. The van der Waals surface area contributed by atoms with E-state index in [0.717, 1.165) is 5.69 Å². The molecule has 1 aromatic rings. The number of benzene rings is 1. The van der Waals surface area contributed by atoms with Crippen LogP contribution in [0.25, 0.3) is 0 Å². The van der Waals surface area contributed by atoms with Gasteiger partial charge in [-0.15, -0.1) is 0 Å². The number of anilines is 1. The first-order valence-corrected chi connectivity index (χ1v) is 6.10. The van der Waals surface area contributed by atoms with E-state index in [1.54, 1.807) is 7.05 Å². The van der Waals surface area contributed by atoms with Crippen LogP contribution in [0.1, 0.15) is 12.8 Å². The molecule has 0 saturated heterocycles. The summed E-state index contributed by atoms with van der Waals surface area (Å²) in [6.45, 7) is 0.210. The SMILES string of the molecule is CN=C(NCC(=O)Nc1ccccc1)NC1CC1. The topological polar surface area (TPSA) is 65.5 Å². The number of hydrogen-bond donors (Lipinski definition) is 3. The highest BCUT2D eigenvalue weighted by atomic mass is 16.1. The maximum absolute atomic E-state index is 11.7. The van der Waals surface area contributed by atoms with E-state index in [2.05, 4.69) is 20.9 Å². The molecule has 0 unspecified atom stereocenters. The second-order valence-corrected chi connectivity index (χ2v) is 4.26. The average Bonchev–Trinajstić information content (AvgIpc) is 3.19. The summed E-state index contributed by atoms with van der Waals surface area (Å²) >= 11 is 0. The molecule has 0 bridgehead atoms. The molecular formula is C13H18N4O. The Hall–Kier alpha value is -2.04. The van der Waals surface area contributed by atoms with Gasteiger partial charge < -0.3 is 16.0 Å². The number of hydrogen-bond acceptors (Lipinski definition) is 2. The molecule has 3 N–H and O–H groups in total. The standard InChI is InChI=1S/C13H18N4O/c1-14-13(17-11-7-8-11)15-9-12(18)16-10-5-3-2-4-6-10/h2-6,11H,7-9H2,1H3,(H,16,18)(H2,14,15,17). The number of para-hydroxylation sites is 1. The maximum Gasteiger partial charge on any atom is 0.243 e. The van der Waals surface area contributed by atoms with Crippen molar-refractivity contribution < 1.29 is 4.79 Å². The third kappa shape index (κ3) is 4.08. The van der Waals surface area contributed by atoms with Crippen molar-refractivity contribution in [3.05, 3.63) is 30.3 Å². The third-order valence-electron chi connectivity index (χ3n) is 2.62. The Morgan fingerprint density at radius 1 is 1.33 bits per heavy atom. The number of nitrogens with one attached hydrogen (secondary N) is 3. The predicted molar refractivity (Wildman–Crippen MR) is 72.6 cm³/mol. The first-order valence-electron chi connectivity index (χ1n) is 6.10. The highest BCUT2D eigenvalue weighted by Crippen LogP contribution is 2.18. The molecule has 1 fully saturated rings. The van der Waals surface area contributed by atoms with Crippen molar-refractivity contribution >= 4 is 17.6 Å². The second-order valence-electron chi connectivity index (χ2n) is 4.26. The molecule has 0 aliphatic heterocycles. The lowest BCUT2D eigenvalue weighted by Gasteiger charge is -2.11. The molecule has 5 heteroatoms. The Labute approximate surface area is 107 Å². The summed E-state index contributed by atoms with van der Waals surface area (Å²) in [6.07, 6.45) is 2.35. The quantitative estimate of drug-likeness (QED) is 0.547. The molecule has 5 nitrogen and oxygen atoms in total. The van der Waals surface area contributed by atoms with E-state index in [-0.39, 0.29) is 12.5 Å². The molecule has 2 rings (SSSR count). The van der Waals surface area contributed by atoms with Gasteiger partial charge in [0, 0.05) is 18.8 Å².